The molecule has 2 amide bonds. The molecule has 1 fully saturated rings. The van der Waals surface area contributed by atoms with E-state index < -0.39 is 11.5 Å². The maximum absolute atomic E-state index is 12.6. The lowest BCUT2D eigenvalue weighted by molar-refractivity contribution is -0.147. The predicted molar refractivity (Wildman–Crippen MR) is 84.9 cm³/mol. The molecule has 1 aromatic rings. The Bertz CT molecular complexity index is 703. The first-order valence-electron chi connectivity index (χ1n) is 7.33. The van der Waals surface area contributed by atoms with Crippen LogP contribution >= 0.6 is 11.6 Å². The van der Waals surface area contributed by atoms with Crippen molar-refractivity contribution >= 4 is 29.5 Å². The lowest BCUT2D eigenvalue weighted by Crippen LogP contribution is -2.57. The molecule has 1 aromatic carbocycles. The summed E-state index contributed by atoms with van der Waals surface area (Å²) in [5.74, 6) is -0.408. The minimum absolute atomic E-state index is 0.0963. The molecule has 2 aliphatic heterocycles. The maximum Gasteiger partial charge on any atom is 0.253 e. The van der Waals surface area contributed by atoms with Gasteiger partial charge in [0.25, 0.3) is 11.8 Å². The van der Waals surface area contributed by atoms with Crippen molar-refractivity contribution in [2.75, 3.05) is 19.7 Å². The van der Waals surface area contributed by atoms with E-state index in [-0.39, 0.29) is 25.5 Å². The molecule has 0 aliphatic carbocycles. The van der Waals surface area contributed by atoms with E-state index in [0.29, 0.717) is 29.3 Å². The number of hydrogen-bond donors (Lipinski definition) is 2. The van der Waals surface area contributed by atoms with E-state index >= 15 is 0 Å². The zero-order valence-electron chi connectivity index (χ0n) is 12.4. The molecule has 3 N–H and O–H groups in total. The quantitative estimate of drug-likeness (QED) is 0.841. The van der Waals surface area contributed by atoms with E-state index in [1.807, 2.05) is 0 Å². The second kappa shape index (κ2) is 5.86. The molecule has 6 nitrogen and oxygen atoms in total. The van der Waals surface area contributed by atoms with Crippen LogP contribution in [0.4, 0.5) is 0 Å². The molecule has 0 saturated carbocycles. The Morgan fingerprint density at radius 2 is 2.17 bits per heavy atom. The SMILES string of the molecule is NC(=O)C1(O)CCCN(C(=O)C2=Cc3cc(Cl)ccc3OC2)C1. The van der Waals surface area contributed by atoms with Crippen LogP contribution in [-0.4, -0.2) is 47.1 Å². The van der Waals surface area contributed by atoms with Crippen molar-refractivity contribution in [1.29, 1.82) is 0 Å². The van der Waals surface area contributed by atoms with Gasteiger partial charge in [0.05, 0.1) is 12.1 Å². The molecule has 0 aromatic heterocycles. The van der Waals surface area contributed by atoms with E-state index in [0.717, 1.165) is 5.56 Å². The van der Waals surface area contributed by atoms with Gasteiger partial charge in [-0.2, -0.15) is 0 Å². The Morgan fingerprint density at radius 1 is 1.39 bits per heavy atom. The summed E-state index contributed by atoms with van der Waals surface area (Å²) >= 11 is 5.96. The molecule has 2 heterocycles. The van der Waals surface area contributed by atoms with Crippen LogP contribution in [0.1, 0.15) is 18.4 Å². The minimum atomic E-state index is -1.66. The molecule has 0 spiro atoms. The summed E-state index contributed by atoms with van der Waals surface area (Å²) in [6.45, 7) is 0.508. The van der Waals surface area contributed by atoms with Crippen LogP contribution in [0.25, 0.3) is 6.08 Å². The van der Waals surface area contributed by atoms with Crippen molar-refractivity contribution in [3.63, 3.8) is 0 Å². The van der Waals surface area contributed by atoms with E-state index in [1.165, 1.54) is 4.90 Å². The largest absolute Gasteiger partial charge is 0.488 e. The third kappa shape index (κ3) is 3.04. The molecule has 0 radical (unpaired) electrons. The summed E-state index contributed by atoms with van der Waals surface area (Å²) in [7, 11) is 0. The molecular formula is C16H17ClN2O4. The van der Waals surface area contributed by atoms with Gasteiger partial charge < -0.3 is 20.5 Å². The standard InChI is InChI=1S/C16H17ClN2O4/c17-12-2-3-13-10(7-12)6-11(8-23-13)14(20)19-5-1-4-16(22,9-19)15(18)21/h2-3,6-7,22H,1,4-5,8-9H2,(H2,18,21). The van der Waals surface area contributed by atoms with Crippen LogP contribution in [0, 0.1) is 0 Å². The third-order valence-electron chi connectivity index (χ3n) is 4.18. The molecule has 0 bridgehead atoms. The first kappa shape index (κ1) is 15.8. The van der Waals surface area contributed by atoms with Crippen molar-refractivity contribution in [3.05, 3.63) is 34.4 Å². The highest BCUT2D eigenvalue weighted by Gasteiger charge is 2.40. The van der Waals surface area contributed by atoms with Gasteiger partial charge in [-0.15, -0.1) is 0 Å². The van der Waals surface area contributed by atoms with Gasteiger partial charge in [0.1, 0.15) is 12.4 Å². The van der Waals surface area contributed by atoms with E-state index in [9.17, 15) is 14.7 Å². The molecule has 122 valence electrons. The topological polar surface area (TPSA) is 92.9 Å². The number of piperidine rings is 1. The Kier molecular flexibility index (Phi) is 4.04. The van der Waals surface area contributed by atoms with Gasteiger partial charge in [0.2, 0.25) is 0 Å². The van der Waals surface area contributed by atoms with Crippen LogP contribution < -0.4 is 10.5 Å². The first-order chi connectivity index (χ1) is 10.9. The van der Waals surface area contributed by atoms with E-state index in [4.69, 9.17) is 22.1 Å². The lowest BCUT2D eigenvalue weighted by atomic mass is 9.91. The number of ether oxygens (including phenoxy) is 1. The van der Waals surface area contributed by atoms with Crippen LogP contribution in [-0.2, 0) is 9.59 Å². The summed E-state index contributed by atoms with van der Waals surface area (Å²) in [6, 6.07) is 5.19. The van der Waals surface area contributed by atoms with E-state index in [1.54, 1.807) is 24.3 Å². The number of amides is 2. The second-order valence-corrected chi connectivity index (χ2v) is 6.30. The van der Waals surface area contributed by atoms with Crippen molar-refractivity contribution in [2.45, 2.75) is 18.4 Å². The van der Waals surface area contributed by atoms with Gasteiger partial charge in [-0.25, -0.2) is 0 Å². The highest BCUT2D eigenvalue weighted by atomic mass is 35.5. The number of likely N-dealkylation sites (tertiary alicyclic amines) is 1. The van der Waals surface area contributed by atoms with Gasteiger partial charge >= 0.3 is 0 Å². The fourth-order valence-electron chi connectivity index (χ4n) is 2.89. The number of hydrogen-bond acceptors (Lipinski definition) is 4. The Balaban J connectivity index is 1.82. The molecule has 1 saturated heterocycles. The normalized spacial score (nSPS) is 23.6. The van der Waals surface area contributed by atoms with Crippen LogP contribution in [0.2, 0.25) is 5.02 Å². The van der Waals surface area contributed by atoms with Crippen LogP contribution in [0.5, 0.6) is 5.75 Å². The molecule has 7 heteroatoms. The van der Waals surface area contributed by atoms with Gasteiger partial charge in [-0.1, -0.05) is 11.6 Å². The number of β-amino-alcohol motifs (C(OH)–C–C–N with tert-alkyl or cyclic N) is 1. The number of carbonyl (C=O) groups excluding carboxylic acids is 2. The number of rotatable bonds is 2. The summed E-state index contributed by atoms with van der Waals surface area (Å²) in [4.78, 5) is 25.5. The van der Waals surface area contributed by atoms with Gasteiger partial charge in [-0.3, -0.25) is 9.59 Å². The van der Waals surface area contributed by atoms with E-state index in [2.05, 4.69) is 0 Å². The Labute approximate surface area is 138 Å². The summed E-state index contributed by atoms with van der Waals surface area (Å²) < 4.78 is 5.57. The second-order valence-electron chi connectivity index (χ2n) is 5.87. The minimum Gasteiger partial charge on any atom is -0.488 e. The average Bonchev–Trinajstić information content (AvgIpc) is 2.53. The highest BCUT2D eigenvalue weighted by Crippen LogP contribution is 2.30. The zero-order valence-corrected chi connectivity index (χ0v) is 13.2. The number of aliphatic hydroxyl groups is 1. The molecule has 2 aliphatic rings. The zero-order chi connectivity index (χ0) is 16.6. The van der Waals surface area contributed by atoms with Gasteiger partial charge in [-0.05, 0) is 37.1 Å². The molecule has 3 rings (SSSR count). The molecule has 1 unspecified atom stereocenters. The number of nitrogens with two attached hydrogens (primary N) is 1. The monoisotopic (exact) mass is 336 g/mol. The fourth-order valence-corrected chi connectivity index (χ4v) is 3.07. The maximum atomic E-state index is 12.6. The molecule has 23 heavy (non-hydrogen) atoms. The van der Waals surface area contributed by atoms with Crippen molar-refractivity contribution in [1.82, 2.24) is 4.90 Å². The van der Waals surface area contributed by atoms with Gasteiger partial charge in [0.15, 0.2) is 5.60 Å². The molecular weight excluding hydrogens is 320 g/mol. The average molecular weight is 337 g/mol. The van der Waals surface area contributed by atoms with Crippen LogP contribution in [0.15, 0.2) is 23.8 Å². The highest BCUT2D eigenvalue weighted by molar-refractivity contribution is 6.30. The smallest absolute Gasteiger partial charge is 0.253 e. The number of benzene rings is 1. The first-order valence-corrected chi connectivity index (χ1v) is 7.71. The summed E-state index contributed by atoms with van der Waals surface area (Å²) in [6.07, 6.45) is 2.51. The van der Waals surface area contributed by atoms with Gasteiger partial charge in [0, 0.05) is 17.1 Å². The van der Waals surface area contributed by atoms with Crippen molar-refractivity contribution in [2.24, 2.45) is 5.73 Å². The summed E-state index contributed by atoms with van der Waals surface area (Å²) in [5, 5.41) is 10.8. The summed E-state index contributed by atoms with van der Waals surface area (Å²) in [5.41, 5.74) is 4.76. The predicted octanol–water partition coefficient (Wildman–Crippen LogP) is 0.955. The lowest BCUT2D eigenvalue weighted by Gasteiger charge is -2.37. The van der Waals surface area contributed by atoms with Crippen LogP contribution in [0.3, 0.4) is 0 Å². The van der Waals surface area contributed by atoms with Crippen molar-refractivity contribution in [3.8, 4) is 5.75 Å². The Morgan fingerprint density at radius 3 is 2.91 bits per heavy atom. The number of primary amides is 1. The number of carbonyl (C=O) groups is 2. The number of halogens is 1. The molecule has 1 atom stereocenters. The van der Waals surface area contributed by atoms with Crippen molar-refractivity contribution < 1.29 is 19.4 Å². The Hall–Kier alpha value is -2.05. The number of fused-ring (bicyclic) bond motifs is 1. The number of nitrogens with zero attached hydrogens (tertiary/aromatic N) is 1. The fraction of sp³-hybridized carbons (Fsp3) is 0.375. The third-order valence-corrected chi connectivity index (χ3v) is 4.41.